The van der Waals surface area contributed by atoms with Crippen molar-refractivity contribution in [2.45, 2.75) is 38.2 Å². The molecule has 7 nitrogen and oxygen atoms in total. The zero-order valence-corrected chi connectivity index (χ0v) is 17.3. The van der Waals surface area contributed by atoms with Crippen LogP contribution in [0.5, 0.6) is 0 Å². The number of ether oxygens (including phenoxy) is 1. The lowest BCUT2D eigenvalue weighted by molar-refractivity contribution is -0.122. The second-order valence-corrected chi connectivity index (χ2v) is 8.29. The monoisotopic (exact) mass is 408 g/mol. The van der Waals surface area contributed by atoms with E-state index in [-0.39, 0.29) is 17.4 Å². The number of pyridine rings is 2. The number of nitrogens with zero attached hydrogens (tertiary/aromatic N) is 3. The number of carbonyl (C=O) groups is 2. The van der Waals surface area contributed by atoms with Crippen LogP contribution in [0.25, 0.3) is 0 Å². The first kappa shape index (κ1) is 20.5. The van der Waals surface area contributed by atoms with Crippen molar-refractivity contribution < 1.29 is 14.3 Å². The molecule has 2 aromatic rings. The standard InChI is InChI=1S/C23H28N4O3/c1-17-14-19(5-10-24-17)22(29)27-11-7-23(8-12-27)15-18(6-13-30-23)16-26-21(28)20-4-2-3-9-25-20/h2-5,9-10,14,18H,6-8,11-13,15-16H2,1H3,(H,26,28). The molecule has 1 spiro atoms. The van der Waals surface area contributed by atoms with Gasteiger partial charge in [0.25, 0.3) is 11.8 Å². The molecule has 7 heteroatoms. The Balaban J connectivity index is 1.30. The van der Waals surface area contributed by atoms with E-state index in [4.69, 9.17) is 4.74 Å². The van der Waals surface area contributed by atoms with Gasteiger partial charge in [-0.2, -0.15) is 0 Å². The second-order valence-electron chi connectivity index (χ2n) is 8.29. The Kier molecular flexibility index (Phi) is 6.08. The van der Waals surface area contributed by atoms with E-state index in [1.807, 2.05) is 24.0 Å². The van der Waals surface area contributed by atoms with Gasteiger partial charge >= 0.3 is 0 Å². The van der Waals surface area contributed by atoms with E-state index in [0.717, 1.165) is 31.4 Å². The average molecular weight is 409 g/mol. The zero-order valence-electron chi connectivity index (χ0n) is 17.3. The molecule has 0 saturated carbocycles. The predicted molar refractivity (Wildman–Crippen MR) is 112 cm³/mol. The highest BCUT2D eigenvalue weighted by Crippen LogP contribution is 2.37. The fourth-order valence-electron chi connectivity index (χ4n) is 4.46. The maximum Gasteiger partial charge on any atom is 0.269 e. The molecule has 0 bridgehead atoms. The van der Waals surface area contributed by atoms with E-state index in [0.29, 0.717) is 43.4 Å². The number of likely N-dealkylation sites (tertiary alicyclic amines) is 1. The van der Waals surface area contributed by atoms with E-state index >= 15 is 0 Å². The second kappa shape index (κ2) is 8.92. The Morgan fingerprint density at radius 2 is 2.03 bits per heavy atom. The summed E-state index contributed by atoms with van der Waals surface area (Å²) >= 11 is 0. The summed E-state index contributed by atoms with van der Waals surface area (Å²) in [5.41, 5.74) is 1.79. The largest absolute Gasteiger partial charge is 0.375 e. The molecule has 2 fully saturated rings. The lowest BCUT2D eigenvalue weighted by Gasteiger charge is -2.46. The minimum absolute atomic E-state index is 0.0605. The number of rotatable bonds is 4. The molecular weight excluding hydrogens is 380 g/mol. The molecule has 0 aromatic carbocycles. The third-order valence-electron chi connectivity index (χ3n) is 6.15. The third-order valence-corrected chi connectivity index (χ3v) is 6.15. The summed E-state index contributed by atoms with van der Waals surface area (Å²) in [5, 5.41) is 3.02. The predicted octanol–water partition coefficient (Wildman–Crippen LogP) is 2.62. The van der Waals surface area contributed by atoms with Crippen LogP contribution in [0.3, 0.4) is 0 Å². The van der Waals surface area contributed by atoms with Gasteiger partial charge in [0.2, 0.25) is 0 Å². The molecule has 158 valence electrons. The molecule has 0 radical (unpaired) electrons. The zero-order chi connectivity index (χ0) is 21.0. The van der Waals surface area contributed by atoms with Gasteiger partial charge in [0.15, 0.2) is 0 Å². The van der Waals surface area contributed by atoms with Gasteiger partial charge in [0, 0.05) is 49.9 Å². The number of nitrogens with one attached hydrogen (secondary N) is 1. The Morgan fingerprint density at radius 3 is 2.77 bits per heavy atom. The molecule has 1 atom stereocenters. The normalized spacial score (nSPS) is 20.7. The molecule has 2 saturated heterocycles. The van der Waals surface area contributed by atoms with Crippen LogP contribution in [-0.2, 0) is 4.74 Å². The van der Waals surface area contributed by atoms with E-state index in [2.05, 4.69) is 15.3 Å². The van der Waals surface area contributed by atoms with Crippen molar-refractivity contribution >= 4 is 11.8 Å². The highest BCUT2D eigenvalue weighted by Gasteiger charge is 2.41. The summed E-state index contributed by atoms with van der Waals surface area (Å²) < 4.78 is 6.21. The molecule has 4 heterocycles. The number of aromatic nitrogens is 2. The molecule has 1 unspecified atom stereocenters. The highest BCUT2D eigenvalue weighted by atomic mass is 16.5. The smallest absolute Gasteiger partial charge is 0.269 e. The number of carbonyl (C=O) groups excluding carboxylic acids is 2. The molecule has 2 aliphatic rings. The Hall–Kier alpha value is -2.80. The van der Waals surface area contributed by atoms with Crippen LogP contribution in [0.4, 0.5) is 0 Å². The average Bonchev–Trinajstić information content (AvgIpc) is 2.78. The summed E-state index contributed by atoms with van der Waals surface area (Å²) in [6.07, 6.45) is 6.80. The topological polar surface area (TPSA) is 84.4 Å². The van der Waals surface area contributed by atoms with E-state index in [1.165, 1.54) is 0 Å². The van der Waals surface area contributed by atoms with Gasteiger partial charge in [-0.3, -0.25) is 19.6 Å². The molecule has 30 heavy (non-hydrogen) atoms. The molecular formula is C23H28N4O3. The summed E-state index contributed by atoms with van der Waals surface area (Å²) in [6, 6.07) is 8.94. The molecule has 4 rings (SSSR count). The van der Waals surface area contributed by atoms with Gasteiger partial charge in [-0.05, 0) is 62.8 Å². The van der Waals surface area contributed by atoms with Crippen LogP contribution in [0.2, 0.25) is 0 Å². The molecule has 1 N–H and O–H groups in total. The van der Waals surface area contributed by atoms with Crippen molar-refractivity contribution in [2.24, 2.45) is 5.92 Å². The van der Waals surface area contributed by atoms with Crippen LogP contribution in [-0.4, -0.2) is 58.5 Å². The lowest BCUT2D eigenvalue weighted by atomic mass is 9.79. The summed E-state index contributed by atoms with van der Waals surface area (Å²) in [6.45, 7) is 4.59. The maximum absolute atomic E-state index is 12.8. The van der Waals surface area contributed by atoms with Crippen LogP contribution < -0.4 is 5.32 Å². The fraction of sp³-hybridized carbons (Fsp3) is 0.478. The quantitative estimate of drug-likeness (QED) is 0.841. The van der Waals surface area contributed by atoms with Crippen molar-refractivity contribution in [1.29, 1.82) is 0 Å². The number of hydrogen-bond donors (Lipinski definition) is 1. The highest BCUT2D eigenvalue weighted by molar-refractivity contribution is 5.94. The van der Waals surface area contributed by atoms with Gasteiger partial charge in [0.05, 0.1) is 5.60 Å². The summed E-state index contributed by atoms with van der Waals surface area (Å²) in [4.78, 5) is 35.3. The van der Waals surface area contributed by atoms with Crippen LogP contribution in [0.15, 0.2) is 42.7 Å². The minimum Gasteiger partial charge on any atom is -0.375 e. The Morgan fingerprint density at radius 1 is 1.20 bits per heavy atom. The maximum atomic E-state index is 12.8. The third kappa shape index (κ3) is 4.67. The van der Waals surface area contributed by atoms with Crippen LogP contribution in [0, 0.1) is 12.8 Å². The molecule has 2 aliphatic heterocycles. The first-order valence-electron chi connectivity index (χ1n) is 10.6. The van der Waals surface area contributed by atoms with Crippen molar-refractivity contribution in [3.05, 3.63) is 59.7 Å². The van der Waals surface area contributed by atoms with Gasteiger partial charge in [-0.25, -0.2) is 0 Å². The van der Waals surface area contributed by atoms with Crippen molar-refractivity contribution in [2.75, 3.05) is 26.2 Å². The number of amides is 2. The van der Waals surface area contributed by atoms with E-state index < -0.39 is 0 Å². The molecule has 2 amide bonds. The van der Waals surface area contributed by atoms with E-state index in [9.17, 15) is 9.59 Å². The van der Waals surface area contributed by atoms with Gasteiger partial charge < -0.3 is 15.0 Å². The number of hydrogen-bond acceptors (Lipinski definition) is 5. The SMILES string of the molecule is Cc1cc(C(=O)N2CCC3(CC2)CC(CNC(=O)c2ccccn2)CCO3)ccn1. The van der Waals surface area contributed by atoms with Gasteiger partial charge in [-0.15, -0.1) is 0 Å². The number of aryl methyl sites for hydroxylation is 1. The van der Waals surface area contributed by atoms with Crippen LogP contribution in [0.1, 0.15) is 52.2 Å². The van der Waals surface area contributed by atoms with Crippen molar-refractivity contribution in [3.8, 4) is 0 Å². The summed E-state index contributed by atoms with van der Waals surface area (Å²) in [5.74, 6) is 0.297. The first-order chi connectivity index (χ1) is 14.5. The van der Waals surface area contributed by atoms with E-state index in [1.54, 1.807) is 30.6 Å². The first-order valence-corrected chi connectivity index (χ1v) is 10.6. The number of piperidine rings is 1. The fourth-order valence-corrected chi connectivity index (χ4v) is 4.46. The van der Waals surface area contributed by atoms with Crippen LogP contribution >= 0.6 is 0 Å². The summed E-state index contributed by atoms with van der Waals surface area (Å²) in [7, 11) is 0. The van der Waals surface area contributed by atoms with Crippen molar-refractivity contribution in [1.82, 2.24) is 20.2 Å². The lowest BCUT2D eigenvalue weighted by Crippen LogP contribution is -2.51. The molecule has 0 aliphatic carbocycles. The van der Waals surface area contributed by atoms with Gasteiger partial charge in [-0.1, -0.05) is 6.07 Å². The Bertz CT molecular complexity index is 894. The minimum atomic E-state index is -0.191. The molecule has 2 aromatic heterocycles. The van der Waals surface area contributed by atoms with Crippen molar-refractivity contribution in [3.63, 3.8) is 0 Å². The Labute approximate surface area is 176 Å². The van der Waals surface area contributed by atoms with Gasteiger partial charge in [0.1, 0.15) is 5.69 Å².